The van der Waals surface area contributed by atoms with E-state index in [0.29, 0.717) is 30.0 Å². The summed E-state index contributed by atoms with van der Waals surface area (Å²) in [6, 6.07) is 0.560. The summed E-state index contributed by atoms with van der Waals surface area (Å²) >= 11 is 0. The van der Waals surface area contributed by atoms with Crippen LogP contribution in [0.2, 0.25) is 0 Å². The first-order valence-corrected chi connectivity index (χ1v) is 9.52. The second kappa shape index (κ2) is 6.32. The zero-order valence-corrected chi connectivity index (χ0v) is 15.7. The monoisotopic (exact) mass is 335 g/mol. The lowest BCUT2D eigenvalue weighted by Gasteiger charge is -2.40. The number of likely N-dealkylation sites (tertiary alicyclic amines) is 1. The van der Waals surface area contributed by atoms with Gasteiger partial charge in [-0.15, -0.1) is 0 Å². The Labute approximate surface area is 145 Å². The number of carbonyl (C=O) groups excluding carboxylic acids is 2. The van der Waals surface area contributed by atoms with E-state index < -0.39 is 0 Å². The summed E-state index contributed by atoms with van der Waals surface area (Å²) in [7, 11) is 0. The number of rotatable bonds is 4. The lowest BCUT2D eigenvalue weighted by molar-refractivity contribution is -0.132. The van der Waals surface area contributed by atoms with Gasteiger partial charge in [-0.05, 0) is 48.9 Å². The first-order chi connectivity index (χ1) is 11.2. The van der Waals surface area contributed by atoms with Crippen molar-refractivity contribution in [2.24, 2.45) is 16.7 Å². The Hall–Kier alpha value is -1.10. The van der Waals surface area contributed by atoms with Crippen molar-refractivity contribution in [3.63, 3.8) is 0 Å². The fourth-order valence-corrected chi connectivity index (χ4v) is 5.44. The number of hydrogen-bond donors (Lipinski definition) is 2. The second-order valence-corrected chi connectivity index (χ2v) is 8.92. The van der Waals surface area contributed by atoms with Gasteiger partial charge in [0.2, 0.25) is 11.8 Å². The Bertz CT molecular complexity index is 519. The van der Waals surface area contributed by atoms with Gasteiger partial charge in [-0.3, -0.25) is 9.59 Å². The molecule has 24 heavy (non-hydrogen) atoms. The molecule has 0 spiro atoms. The molecule has 0 unspecified atom stereocenters. The van der Waals surface area contributed by atoms with Crippen molar-refractivity contribution in [2.75, 3.05) is 19.6 Å². The molecule has 2 amide bonds. The van der Waals surface area contributed by atoms with Gasteiger partial charge in [-0.25, -0.2) is 0 Å². The Morgan fingerprint density at radius 2 is 1.96 bits per heavy atom. The van der Waals surface area contributed by atoms with Gasteiger partial charge >= 0.3 is 0 Å². The van der Waals surface area contributed by atoms with Crippen LogP contribution in [-0.4, -0.2) is 48.4 Å². The Kier molecular flexibility index (Phi) is 4.67. The molecule has 0 radical (unpaired) electrons. The summed E-state index contributed by atoms with van der Waals surface area (Å²) in [5.74, 6) is 0.952. The molecule has 0 aromatic heterocycles. The van der Waals surface area contributed by atoms with Crippen molar-refractivity contribution in [3.05, 3.63) is 0 Å². The zero-order chi connectivity index (χ0) is 17.5. The maximum atomic E-state index is 12.6. The lowest BCUT2D eigenvalue weighted by atomic mass is 9.69. The van der Waals surface area contributed by atoms with Crippen molar-refractivity contribution in [3.8, 4) is 0 Å². The van der Waals surface area contributed by atoms with Crippen LogP contribution in [0.15, 0.2) is 0 Å². The molecule has 5 heteroatoms. The highest BCUT2D eigenvalue weighted by molar-refractivity contribution is 5.78. The molecule has 1 aliphatic heterocycles. The van der Waals surface area contributed by atoms with Crippen LogP contribution in [0.25, 0.3) is 0 Å². The predicted molar refractivity (Wildman–Crippen MR) is 94.4 cm³/mol. The minimum atomic E-state index is -0.00967. The number of hydrogen-bond acceptors (Lipinski definition) is 3. The van der Waals surface area contributed by atoms with E-state index in [1.165, 1.54) is 19.3 Å². The molecular weight excluding hydrogens is 302 g/mol. The molecule has 2 N–H and O–H groups in total. The highest BCUT2D eigenvalue weighted by Crippen LogP contribution is 2.65. The Balaban J connectivity index is 1.52. The van der Waals surface area contributed by atoms with Gasteiger partial charge in [-0.1, -0.05) is 20.8 Å². The summed E-state index contributed by atoms with van der Waals surface area (Å²) in [6.07, 6.45) is 5.73. The highest BCUT2D eigenvalue weighted by Gasteiger charge is 2.61. The minimum absolute atomic E-state index is 0.00967. The molecule has 0 aromatic carbocycles. The first kappa shape index (κ1) is 17.7. The van der Waals surface area contributed by atoms with Crippen LogP contribution in [-0.2, 0) is 9.59 Å². The fourth-order valence-electron chi connectivity index (χ4n) is 5.44. The van der Waals surface area contributed by atoms with Gasteiger partial charge in [0.15, 0.2) is 0 Å². The SMILES string of the molecule is CC(=O)N[C@@H]1CCCN(C(=O)CN[C@H]2C[C@H]3CC[C@@]2(C)C3(C)C)C1. The normalized spacial score (nSPS) is 37.5. The molecule has 2 aliphatic carbocycles. The van der Waals surface area contributed by atoms with Crippen LogP contribution < -0.4 is 10.6 Å². The van der Waals surface area contributed by atoms with Crippen molar-refractivity contribution >= 4 is 11.8 Å². The maximum Gasteiger partial charge on any atom is 0.236 e. The number of fused-ring (bicyclic) bond motifs is 2. The van der Waals surface area contributed by atoms with Gasteiger partial charge in [0.25, 0.3) is 0 Å². The molecule has 2 bridgehead atoms. The molecule has 3 aliphatic rings. The predicted octanol–water partition coefficient (Wildman–Crippen LogP) is 1.92. The van der Waals surface area contributed by atoms with E-state index in [-0.39, 0.29) is 17.9 Å². The van der Waals surface area contributed by atoms with Crippen LogP contribution in [0.4, 0.5) is 0 Å². The van der Waals surface area contributed by atoms with Crippen molar-refractivity contribution in [1.82, 2.24) is 15.5 Å². The van der Waals surface area contributed by atoms with E-state index >= 15 is 0 Å². The summed E-state index contributed by atoms with van der Waals surface area (Å²) in [5, 5.41) is 6.53. The molecule has 3 fully saturated rings. The third-order valence-electron chi connectivity index (χ3n) is 7.48. The van der Waals surface area contributed by atoms with E-state index in [9.17, 15) is 9.59 Å². The van der Waals surface area contributed by atoms with Crippen LogP contribution >= 0.6 is 0 Å². The fraction of sp³-hybridized carbons (Fsp3) is 0.895. The quantitative estimate of drug-likeness (QED) is 0.825. The van der Waals surface area contributed by atoms with Crippen LogP contribution in [0.3, 0.4) is 0 Å². The minimum Gasteiger partial charge on any atom is -0.352 e. The maximum absolute atomic E-state index is 12.6. The largest absolute Gasteiger partial charge is 0.352 e. The average molecular weight is 335 g/mol. The van der Waals surface area contributed by atoms with E-state index in [0.717, 1.165) is 25.3 Å². The van der Waals surface area contributed by atoms with Crippen molar-refractivity contribution in [2.45, 2.75) is 71.9 Å². The average Bonchev–Trinajstić information content (AvgIpc) is 2.85. The van der Waals surface area contributed by atoms with Gasteiger partial charge in [0, 0.05) is 32.1 Å². The smallest absolute Gasteiger partial charge is 0.236 e. The summed E-state index contributed by atoms with van der Waals surface area (Å²) in [5.41, 5.74) is 0.675. The number of nitrogens with zero attached hydrogens (tertiary/aromatic N) is 1. The molecule has 4 atom stereocenters. The Morgan fingerprint density at radius 3 is 2.54 bits per heavy atom. The first-order valence-electron chi connectivity index (χ1n) is 9.52. The van der Waals surface area contributed by atoms with Gasteiger partial charge in [-0.2, -0.15) is 0 Å². The second-order valence-electron chi connectivity index (χ2n) is 8.92. The highest BCUT2D eigenvalue weighted by atomic mass is 16.2. The van der Waals surface area contributed by atoms with Crippen LogP contribution in [0.1, 0.15) is 59.8 Å². The van der Waals surface area contributed by atoms with Crippen molar-refractivity contribution < 1.29 is 9.59 Å². The molecule has 2 saturated carbocycles. The standard InChI is InChI=1S/C19H33N3O2/c1-13(23)21-15-6-5-9-22(12-15)17(24)11-20-16-10-14-7-8-19(16,4)18(14,2)3/h14-16,20H,5-12H2,1-4H3,(H,21,23)/t14-,15-,16+,19-/m1/s1. The number of nitrogens with one attached hydrogen (secondary N) is 2. The van der Waals surface area contributed by atoms with Gasteiger partial charge in [0.1, 0.15) is 0 Å². The van der Waals surface area contributed by atoms with Gasteiger partial charge in [0.05, 0.1) is 6.54 Å². The number of carbonyl (C=O) groups is 2. The van der Waals surface area contributed by atoms with Crippen LogP contribution in [0.5, 0.6) is 0 Å². The number of amides is 2. The summed E-state index contributed by atoms with van der Waals surface area (Å²) < 4.78 is 0. The van der Waals surface area contributed by atoms with E-state index in [1.54, 1.807) is 6.92 Å². The third-order valence-corrected chi connectivity index (χ3v) is 7.48. The molecule has 1 heterocycles. The lowest BCUT2D eigenvalue weighted by Crippen LogP contribution is -2.53. The van der Waals surface area contributed by atoms with E-state index in [2.05, 4.69) is 31.4 Å². The van der Waals surface area contributed by atoms with Crippen molar-refractivity contribution in [1.29, 1.82) is 0 Å². The molecule has 5 nitrogen and oxygen atoms in total. The van der Waals surface area contributed by atoms with Gasteiger partial charge < -0.3 is 15.5 Å². The molecule has 1 saturated heterocycles. The molecular formula is C19H33N3O2. The molecule has 136 valence electrons. The zero-order valence-electron chi connectivity index (χ0n) is 15.7. The molecule has 3 rings (SSSR count). The number of piperidine rings is 1. The van der Waals surface area contributed by atoms with Crippen LogP contribution in [0, 0.1) is 16.7 Å². The van der Waals surface area contributed by atoms with E-state index in [1.807, 2.05) is 4.90 Å². The Morgan fingerprint density at radius 1 is 1.21 bits per heavy atom. The summed E-state index contributed by atoms with van der Waals surface area (Å²) in [4.78, 5) is 25.8. The topological polar surface area (TPSA) is 61.4 Å². The molecule has 0 aromatic rings. The summed E-state index contributed by atoms with van der Waals surface area (Å²) in [6.45, 7) is 10.6. The third kappa shape index (κ3) is 2.96. The van der Waals surface area contributed by atoms with E-state index in [4.69, 9.17) is 0 Å².